The molecule has 130 valence electrons. The van der Waals surface area contributed by atoms with Gasteiger partial charge in [0, 0.05) is 5.56 Å². The second-order valence-electron chi connectivity index (χ2n) is 6.29. The van der Waals surface area contributed by atoms with Gasteiger partial charge in [-0.3, -0.25) is 9.59 Å². The normalized spacial score (nSPS) is 14.3. The lowest BCUT2D eigenvalue weighted by Gasteiger charge is -2.24. The Morgan fingerprint density at radius 3 is 2.60 bits per heavy atom. The number of benzene rings is 2. The van der Waals surface area contributed by atoms with E-state index in [1.54, 1.807) is 30.3 Å². The second kappa shape index (κ2) is 6.93. The Morgan fingerprint density at radius 2 is 1.92 bits per heavy atom. The van der Waals surface area contributed by atoms with E-state index in [-0.39, 0.29) is 36.2 Å². The minimum Gasteiger partial charge on any atom is -0.482 e. The molecule has 0 bridgehead atoms. The fraction of sp³-hybridized carbons (Fsp3) is 0.263. The molecule has 3 rings (SSSR count). The molecule has 2 amide bonds. The van der Waals surface area contributed by atoms with Gasteiger partial charge in [0.2, 0.25) is 0 Å². The zero-order chi connectivity index (χ0) is 18.0. The van der Waals surface area contributed by atoms with Gasteiger partial charge >= 0.3 is 0 Å². The number of halogens is 1. The maximum Gasteiger partial charge on any atom is 0.262 e. The number of carbonyl (C=O) groups is 2. The molecule has 2 N–H and O–H groups in total. The van der Waals surface area contributed by atoms with Crippen molar-refractivity contribution in [1.29, 1.82) is 0 Å². The number of hydrogen-bond acceptors (Lipinski definition) is 3. The minimum atomic E-state index is -0.313. The van der Waals surface area contributed by atoms with Crippen LogP contribution in [0, 0.1) is 11.7 Å². The summed E-state index contributed by atoms with van der Waals surface area (Å²) in [5, 5.41) is 5.66. The predicted molar refractivity (Wildman–Crippen MR) is 92.0 cm³/mol. The standard InChI is InChI=1S/C19H19FN2O3/c1-11(2)18(12-3-6-14(20)7-4-12)22-19(24)13-5-8-15-16(9-13)25-10-17(23)21-15/h3-9,11,18H,10H2,1-2H3,(H,21,23)(H,22,24)/t18-/m0/s1. The summed E-state index contributed by atoms with van der Waals surface area (Å²) in [7, 11) is 0. The highest BCUT2D eigenvalue weighted by Crippen LogP contribution is 2.29. The molecule has 6 heteroatoms. The van der Waals surface area contributed by atoms with Gasteiger partial charge in [0.1, 0.15) is 11.6 Å². The highest BCUT2D eigenvalue weighted by Gasteiger charge is 2.21. The molecule has 0 aliphatic carbocycles. The van der Waals surface area contributed by atoms with E-state index in [2.05, 4.69) is 10.6 Å². The molecule has 0 unspecified atom stereocenters. The molecule has 2 aromatic carbocycles. The summed E-state index contributed by atoms with van der Waals surface area (Å²) in [4.78, 5) is 23.9. The van der Waals surface area contributed by atoms with E-state index in [9.17, 15) is 14.0 Å². The van der Waals surface area contributed by atoms with Crippen molar-refractivity contribution < 1.29 is 18.7 Å². The lowest BCUT2D eigenvalue weighted by atomic mass is 9.95. The number of fused-ring (bicyclic) bond motifs is 1. The monoisotopic (exact) mass is 342 g/mol. The van der Waals surface area contributed by atoms with Crippen LogP contribution >= 0.6 is 0 Å². The summed E-state index contributed by atoms with van der Waals surface area (Å²) >= 11 is 0. The lowest BCUT2D eigenvalue weighted by Crippen LogP contribution is -2.32. The van der Waals surface area contributed by atoms with Gasteiger partial charge in [0.05, 0.1) is 11.7 Å². The lowest BCUT2D eigenvalue weighted by molar-refractivity contribution is -0.118. The van der Waals surface area contributed by atoms with Crippen LogP contribution in [0.25, 0.3) is 0 Å². The van der Waals surface area contributed by atoms with E-state index >= 15 is 0 Å². The number of rotatable bonds is 4. The average molecular weight is 342 g/mol. The van der Waals surface area contributed by atoms with Crippen molar-refractivity contribution >= 4 is 17.5 Å². The molecule has 0 fully saturated rings. The van der Waals surface area contributed by atoms with Crippen LogP contribution in [0.1, 0.15) is 35.8 Å². The van der Waals surface area contributed by atoms with E-state index in [4.69, 9.17) is 4.74 Å². The number of anilines is 1. The fourth-order valence-electron chi connectivity index (χ4n) is 2.75. The summed E-state index contributed by atoms with van der Waals surface area (Å²) in [5.41, 5.74) is 1.82. The van der Waals surface area contributed by atoms with Gasteiger partial charge in [-0.05, 0) is 41.8 Å². The first-order valence-corrected chi connectivity index (χ1v) is 8.07. The molecule has 1 aliphatic rings. The number of ether oxygens (including phenoxy) is 1. The van der Waals surface area contributed by atoms with Crippen molar-refractivity contribution in [2.45, 2.75) is 19.9 Å². The molecular formula is C19H19FN2O3. The van der Waals surface area contributed by atoms with Gasteiger partial charge in [-0.1, -0.05) is 26.0 Å². The summed E-state index contributed by atoms with van der Waals surface area (Å²) in [5.74, 6) is -0.198. The van der Waals surface area contributed by atoms with Gasteiger partial charge < -0.3 is 15.4 Å². The molecule has 1 heterocycles. The Kier molecular flexibility index (Phi) is 4.70. The minimum absolute atomic E-state index is 0.0672. The summed E-state index contributed by atoms with van der Waals surface area (Å²) < 4.78 is 18.5. The van der Waals surface area contributed by atoms with Crippen LogP contribution in [-0.2, 0) is 4.79 Å². The zero-order valence-corrected chi connectivity index (χ0v) is 14.0. The van der Waals surface area contributed by atoms with Crippen LogP contribution < -0.4 is 15.4 Å². The highest BCUT2D eigenvalue weighted by atomic mass is 19.1. The maximum absolute atomic E-state index is 13.1. The molecule has 0 spiro atoms. The molecule has 1 atom stereocenters. The van der Waals surface area contributed by atoms with Crippen molar-refractivity contribution in [3.63, 3.8) is 0 Å². The number of amides is 2. The zero-order valence-electron chi connectivity index (χ0n) is 14.0. The van der Waals surface area contributed by atoms with Gasteiger partial charge in [-0.25, -0.2) is 4.39 Å². The first kappa shape index (κ1) is 17.0. The number of nitrogens with one attached hydrogen (secondary N) is 2. The van der Waals surface area contributed by atoms with E-state index in [0.29, 0.717) is 17.0 Å². The quantitative estimate of drug-likeness (QED) is 0.896. The van der Waals surface area contributed by atoms with Crippen molar-refractivity contribution in [3.8, 4) is 5.75 Å². The molecule has 0 saturated carbocycles. The van der Waals surface area contributed by atoms with Crippen LogP contribution in [0.4, 0.5) is 10.1 Å². The largest absolute Gasteiger partial charge is 0.482 e. The Labute approximate surface area is 145 Å². The first-order valence-electron chi connectivity index (χ1n) is 8.07. The van der Waals surface area contributed by atoms with Crippen LogP contribution in [0.2, 0.25) is 0 Å². The second-order valence-corrected chi connectivity index (χ2v) is 6.29. The maximum atomic E-state index is 13.1. The summed E-state index contributed by atoms with van der Waals surface area (Å²) in [6.45, 7) is 3.90. The third kappa shape index (κ3) is 3.79. The topological polar surface area (TPSA) is 67.4 Å². The highest BCUT2D eigenvalue weighted by molar-refractivity contribution is 5.99. The molecular weight excluding hydrogens is 323 g/mol. The van der Waals surface area contributed by atoms with Crippen molar-refractivity contribution in [1.82, 2.24) is 5.32 Å². The van der Waals surface area contributed by atoms with Gasteiger partial charge in [-0.2, -0.15) is 0 Å². The van der Waals surface area contributed by atoms with Crippen molar-refractivity contribution in [3.05, 3.63) is 59.4 Å². The van der Waals surface area contributed by atoms with Crippen LogP contribution in [0.5, 0.6) is 5.75 Å². The smallest absolute Gasteiger partial charge is 0.262 e. The van der Waals surface area contributed by atoms with Crippen molar-refractivity contribution in [2.75, 3.05) is 11.9 Å². The summed E-state index contributed by atoms with van der Waals surface area (Å²) in [6, 6.07) is 10.7. The molecule has 5 nitrogen and oxygen atoms in total. The fourth-order valence-corrected chi connectivity index (χ4v) is 2.75. The Hall–Kier alpha value is -2.89. The molecule has 0 saturated heterocycles. The summed E-state index contributed by atoms with van der Waals surface area (Å²) in [6.07, 6.45) is 0. The SMILES string of the molecule is CC(C)[C@H](NC(=O)c1ccc2c(c1)OCC(=O)N2)c1ccc(F)cc1. The third-order valence-electron chi connectivity index (χ3n) is 4.06. The van der Waals surface area contributed by atoms with Crippen molar-refractivity contribution in [2.24, 2.45) is 5.92 Å². The third-order valence-corrected chi connectivity index (χ3v) is 4.06. The predicted octanol–water partition coefficient (Wildman–Crippen LogP) is 3.28. The van der Waals surface area contributed by atoms with Crippen LogP contribution in [0.15, 0.2) is 42.5 Å². The van der Waals surface area contributed by atoms with Gasteiger partial charge in [0.15, 0.2) is 6.61 Å². The molecule has 2 aromatic rings. The molecule has 25 heavy (non-hydrogen) atoms. The average Bonchev–Trinajstić information content (AvgIpc) is 2.59. The van der Waals surface area contributed by atoms with E-state index in [1.165, 1.54) is 12.1 Å². The molecule has 0 radical (unpaired) electrons. The van der Waals surface area contributed by atoms with Gasteiger partial charge in [0.25, 0.3) is 11.8 Å². The first-order chi connectivity index (χ1) is 11.9. The number of carbonyl (C=O) groups excluding carboxylic acids is 2. The Morgan fingerprint density at radius 1 is 1.20 bits per heavy atom. The van der Waals surface area contributed by atoms with E-state index < -0.39 is 0 Å². The van der Waals surface area contributed by atoms with Crippen LogP contribution in [-0.4, -0.2) is 18.4 Å². The van der Waals surface area contributed by atoms with E-state index in [1.807, 2.05) is 13.8 Å². The Bertz CT molecular complexity index is 803. The Balaban J connectivity index is 1.80. The van der Waals surface area contributed by atoms with Gasteiger partial charge in [-0.15, -0.1) is 0 Å². The molecule has 0 aromatic heterocycles. The molecule has 1 aliphatic heterocycles. The van der Waals surface area contributed by atoms with Crippen LogP contribution in [0.3, 0.4) is 0 Å². The number of hydrogen-bond donors (Lipinski definition) is 2. The van der Waals surface area contributed by atoms with E-state index in [0.717, 1.165) is 5.56 Å².